The van der Waals surface area contributed by atoms with Crippen molar-refractivity contribution < 1.29 is 9.59 Å². The van der Waals surface area contributed by atoms with Crippen LogP contribution in [0.1, 0.15) is 72.9 Å². The smallest absolute Gasteiger partial charge is 0.257 e. The van der Waals surface area contributed by atoms with E-state index in [1.165, 1.54) is 24.8 Å². The number of amides is 2. The summed E-state index contributed by atoms with van der Waals surface area (Å²) in [6.07, 6.45) is 12.3. The second-order valence-corrected chi connectivity index (χ2v) is 9.65. The summed E-state index contributed by atoms with van der Waals surface area (Å²) in [5, 5.41) is 6.31. The number of benzene rings is 1. The molecule has 1 aliphatic carbocycles. The van der Waals surface area contributed by atoms with Gasteiger partial charge in [0.2, 0.25) is 5.91 Å². The number of aryl methyl sites for hydroxylation is 1. The number of hydrogen-bond donors (Lipinski definition) is 2. The Morgan fingerprint density at radius 2 is 1.85 bits per heavy atom. The highest BCUT2D eigenvalue weighted by Gasteiger charge is 2.25. The molecule has 0 radical (unpaired) electrons. The molecule has 1 aromatic heterocycles. The average Bonchev–Trinajstić information content (AvgIpc) is 3.06. The molecule has 4 rings (SSSR count). The molecule has 33 heavy (non-hydrogen) atoms. The molecule has 2 aliphatic rings. The lowest BCUT2D eigenvalue weighted by molar-refractivity contribution is -0.126. The lowest BCUT2D eigenvalue weighted by Gasteiger charge is -2.25. The lowest BCUT2D eigenvalue weighted by atomic mass is 9.93. The third kappa shape index (κ3) is 6.87. The number of anilines is 1. The van der Waals surface area contributed by atoms with Crippen molar-refractivity contribution in [1.29, 1.82) is 0 Å². The van der Waals surface area contributed by atoms with Crippen molar-refractivity contribution >= 4 is 17.5 Å². The zero-order valence-corrected chi connectivity index (χ0v) is 19.7. The number of rotatable bonds is 6. The van der Waals surface area contributed by atoms with Gasteiger partial charge in [-0.1, -0.05) is 31.4 Å². The third-order valence-electron chi connectivity index (χ3n) is 6.87. The molecule has 2 heterocycles. The molecule has 6 nitrogen and oxygen atoms in total. The van der Waals surface area contributed by atoms with Gasteiger partial charge in [-0.25, -0.2) is 0 Å². The Kier molecular flexibility index (Phi) is 8.10. The van der Waals surface area contributed by atoms with Crippen molar-refractivity contribution in [3.8, 4) is 0 Å². The summed E-state index contributed by atoms with van der Waals surface area (Å²) < 4.78 is 0. The summed E-state index contributed by atoms with van der Waals surface area (Å²) in [5.74, 6) is 0.245. The zero-order valence-electron chi connectivity index (χ0n) is 19.7. The highest BCUT2D eigenvalue weighted by Crippen LogP contribution is 2.23. The fourth-order valence-electron chi connectivity index (χ4n) is 5.03. The Hall–Kier alpha value is -2.73. The van der Waals surface area contributed by atoms with E-state index in [0.717, 1.165) is 63.0 Å². The molecule has 0 bridgehead atoms. The summed E-state index contributed by atoms with van der Waals surface area (Å²) in [7, 11) is 0. The standard InChI is InChI=1S/C27H36N4O2/c1-20-15-23(18-28-17-20)27(33)30-25-11-5-7-21(16-25)19-31-13-6-8-22(12-14-31)26(32)29-24-9-3-2-4-10-24/h5,7,11,15-18,22,24H,2-4,6,8-10,12-14,19H2,1H3,(H,29,32)(H,30,33). The van der Waals surface area contributed by atoms with Gasteiger partial charge >= 0.3 is 0 Å². The van der Waals surface area contributed by atoms with E-state index in [1.54, 1.807) is 12.4 Å². The summed E-state index contributed by atoms with van der Waals surface area (Å²) >= 11 is 0. The summed E-state index contributed by atoms with van der Waals surface area (Å²) in [6.45, 7) is 4.68. The molecule has 1 unspecified atom stereocenters. The predicted octanol–water partition coefficient (Wildman–Crippen LogP) is 4.69. The Balaban J connectivity index is 1.29. The molecule has 2 amide bonds. The minimum atomic E-state index is -0.148. The second kappa shape index (κ2) is 11.4. The number of carbonyl (C=O) groups is 2. The number of hydrogen-bond acceptors (Lipinski definition) is 4. The molecule has 2 N–H and O–H groups in total. The van der Waals surface area contributed by atoms with Gasteiger partial charge in [-0.05, 0) is 81.4 Å². The van der Waals surface area contributed by atoms with Gasteiger partial charge in [0, 0.05) is 36.6 Å². The Morgan fingerprint density at radius 1 is 1.00 bits per heavy atom. The Morgan fingerprint density at radius 3 is 2.67 bits per heavy atom. The van der Waals surface area contributed by atoms with Crippen molar-refractivity contribution in [2.24, 2.45) is 5.92 Å². The fourth-order valence-corrected chi connectivity index (χ4v) is 5.03. The number of aromatic nitrogens is 1. The van der Waals surface area contributed by atoms with Crippen molar-refractivity contribution in [2.75, 3.05) is 18.4 Å². The SMILES string of the molecule is Cc1cncc(C(=O)Nc2cccc(CN3CCCC(C(=O)NC4CCCCC4)CC3)c2)c1. The highest BCUT2D eigenvalue weighted by atomic mass is 16.2. The van der Waals surface area contributed by atoms with Gasteiger partial charge < -0.3 is 10.6 Å². The number of pyridine rings is 1. The van der Waals surface area contributed by atoms with Crippen LogP contribution < -0.4 is 10.6 Å². The molecular formula is C27H36N4O2. The molecule has 1 saturated carbocycles. The molecule has 1 aromatic carbocycles. The van der Waals surface area contributed by atoms with Crippen LogP contribution in [0, 0.1) is 12.8 Å². The second-order valence-electron chi connectivity index (χ2n) is 9.65. The van der Waals surface area contributed by atoms with Crippen LogP contribution in [0.3, 0.4) is 0 Å². The van der Waals surface area contributed by atoms with Crippen molar-refractivity contribution in [1.82, 2.24) is 15.2 Å². The number of likely N-dealkylation sites (tertiary alicyclic amines) is 1. The van der Waals surface area contributed by atoms with E-state index in [4.69, 9.17) is 0 Å². The maximum Gasteiger partial charge on any atom is 0.257 e. The van der Waals surface area contributed by atoms with Crippen LogP contribution in [0.2, 0.25) is 0 Å². The fraction of sp³-hybridized carbons (Fsp3) is 0.519. The topological polar surface area (TPSA) is 74.3 Å². The first kappa shape index (κ1) is 23.4. The van der Waals surface area contributed by atoms with E-state index < -0.39 is 0 Å². The molecule has 0 spiro atoms. The lowest BCUT2D eigenvalue weighted by Crippen LogP contribution is -2.40. The van der Waals surface area contributed by atoms with Gasteiger partial charge in [0.15, 0.2) is 0 Å². The van der Waals surface area contributed by atoms with E-state index in [0.29, 0.717) is 11.6 Å². The van der Waals surface area contributed by atoms with E-state index in [1.807, 2.05) is 31.2 Å². The van der Waals surface area contributed by atoms with Gasteiger partial charge in [0.05, 0.1) is 5.56 Å². The van der Waals surface area contributed by atoms with Crippen molar-refractivity contribution in [3.05, 3.63) is 59.4 Å². The largest absolute Gasteiger partial charge is 0.353 e. The maximum absolute atomic E-state index is 12.8. The predicted molar refractivity (Wildman–Crippen MR) is 131 cm³/mol. The minimum Gasteiger partial charge on any atom is -0.353 e. The Labute approximate surface area is 197 Å². The van der Waals surface area contributed by atoms with Crippen molar-refractivity contribution in [3.63, 3.8) is 0 Å². The maximum atomic E-state index is 12.8. The third-order valence-corrected chi connectivity index (χ3v) is 6.87. The van der Waals surface area contributed by atoms with E-state index in [9.17, 15) is 9.59 Å². The first-order valence-electron chi connectivity index (χ1n) is 12.4. The van der Waals surface area contributed by atoms with Crippen LogP contribution in [0.4, 0.5) is 5.69 Å². The highest BCUT2D eigenvalue weighted by molar-refractivity contribution is 6.04. The van der Waals surface area contributed by atoms with Crippen LogP contribution in [-0.2, 0) is 11.3 Å². The van der Waals surface area contributed by atoms with Crippen LogP contribution in [0.5, 0.6) is 0 Å². The van der Waals surface area contributed by atoms with Gasteiger partial charge in [-0.15, -0.1) is 0 Å². The van der Waals surface area contributed by atoms with Crippen LogP contribution >= 0.6 is 0 Å². The number of carbonyl (C=O) groups excluding carboxylic acids is 2. The molecular weight excluding hydrogens is 412 g/mol. The van der Waals surface area contributed by atoms with Crippen LogP contribution in [0.25, 0.3) is 0 Å². The first-order valence-corrected chi connectivity index (χ1v) is 12.4. The molecule has 1 aliphatic heterocycles. The quantitative estimate of drug-likeness (QED) is 0.672. The van der Waals surface area contributed by atoms with Gasteiger partial charge in [-0.2, -0.15) is 0 Å². The van der Waals surface area contributed by atoms with E-state index in [-0.39, 0.29) is 17.7 Å². The van der Waals surface area contributed by atoms with Crippen LogP contribution in [0.15, 0.2) is 42.7 Å². The molecule has 2 fully saturated rings. The zero-order chi connectivity index (χ0) is 23.0. The molecule has 2 aromatic rings. The van der Waals surface area contributed by atoms with Gasteiger partial charge in [0.1, 0.15) is 0 Å². The molecule has 1 atom stereocenters. The van der Waals surface area contributed by atoms with Crippen molar-refractivity contribution in [2.45, 2.75) is 70.9 Å². The van der Waals surface area contributed by atoms with Gasteiger partial charge in [-0.3, -0.25) is 19.5 Å². The molecule has 1 saturated heterocycles. The number of nitrogens with one attached hydrogen (secondary N) is 2. The first-order chi connectivity index (χ1) is 16.1. The minimum absolute atomic E-state index is 0.130. The monoisotopic (exact) mass is 448 g/mol. The normalized spacial score (nSPS) is 20.1. The average molecular weight is 449 g/mol. The summed E-state index contributed by atoms with van der Waals surface area (Å²) in [4.78, 5) is 31.9. The van der Waals surface area contributed by atoms with Crippen LogP contribution in [-0.4, -0.2) is 40.8 Å². The van der Waals surface area contributed by atoms with E-state index in [2.05, 4.69) is 26.6 Å². The van der Waals surface area contributed by atoms with E-state index >= 15 is 0 Å². The summed E-state index contributed by atoms with van der Waals surface area (Å²) in [6, 6.07) is 10.3. The molecule has 6 heteroatoms. The van der Waals surface area contributed by atoms with Gasteiger partial charge in [0.25, 0.3) is 5.91 Å². The molecule has 176 valence electrons. The summed E-state index contributed by atoms with van der Waals surface area (Å²) in [5.41, 5.74) is 3.48. The Bertz CT molecular complexity index is 955. The number of nitrogens with zero attached hydrogens (tertiary/aromatic N) is 2.